The topological polar surface area (TPSA) is 58.4 Å². The van der Waals surface area contributed by atoms with E-state index in [-0.39, 0.29) is 0 Å². The van der Waals surface area contributed by atoms with Crippen LogP contribution in [0.15, 0.2) is 431 Å². The molecule has 0 N–H and O–H groups in total. The SMILES string of the molecule is Cc1ccc2c(c1)c1cc(-c3ccc4c(c3)c3cc(C)ccc3n4-c3ccc(-c4cccc(-c5cccc(-c6ccccc6)c5)c4)cn3)ccc1n2-c1ccccc1.c1ccc(-c2ccccc2-c2ccc(-c3ccc(-c4cnc(-n5c6ccccc6c6cc(-c7ccc8c(c7)c7ccccc7n8-c7ccccc7)ccc65)nc4)cc3)cc2)cc1. The maximum Gasteiger partial charge on any atom is 0.234 e. The van der Waals surface area contributed by atoms with Gasteiger partial charge in [0.2, 0.25) is 5.95 Å². The molecule has 0 fully saturated rings. The van der Waals surface area contributed by atoms with Crippen LogP contribution >= 0.6 is 0 Å². The zero-order valence-corrected chi connectivity index (χ0v) is 66.1. The molecular formula is C113H77N7. The number of benzene rings is 17. The van der Waals surface area contributed by atoms with Gasteiger partial charge in [-0.1, -0.05) is 290 Å². The van der Waals surface area contributed by atoms with E-state index in [2.05, 4.69) is 445 Å². The summed E-state index contributed by atoms with van der Waals surface area (Å²) >= 11 is 0. The molecule has 0 amide bonds. The lowest BCUT2D eigenvalue weighted by atomic mass is 9.93. The van der Waals surface area contributed by atoms with E-state index in [0.717, 1.165) is 61.4 Å². The summed E-state index contributed by atoms with van der Waals surface area (Å²) in [5, 5.41) is 9.80. The van der Waals surface area contributed by atoms with Crippen LogP contribution in [-0.4, -0.2) is 33.2 Å². The fourth-order valence-electron chi connectivity index (χ4n) is 18.1. The second-order valence-corrected chi connectivity index (χ2v) is 31.3. The Morgan fingerprint density at radius 3 is 0.908 bits per heavy atom. The van der Waals surface area contributed by atoms with Gasteiger partial charge in [-0.3, -0.25) is 9.13 Å². The average Bonchev–Trinajstić information content (AvgIpc) is 1.61. The fraction of sp³-hybridized carbons (Fsp3) is 0.0177. The minimum absolute atomic E-state index is 0.647. The van der Waals surface area contributed by atoms with Crippen LogP contribution in [0.3, 0.4) is 0 Å². The first-order valence-corrected chi connectivity index (χ1v) is 41.0. The lowest BCUT2D eigenvalue weighted by Crippen LogP contribution is -2.00. The van der Waals surface area contributed by atoms with Gasteiger partial charge in [-0.2, -0.15) is 0 Å². The Kier molecular flexibility index (Phi) is 17.6. The van der Waals surface area contributed by atoms with E-state index in [1.165, 1.54) is 154 Å². The standard InChI is InChI=1S/C58H38N4.C55H39N3/c1-3-13-42(14-4-1)48-17-7-8-18-49(48)43-29-27-40(28-30-43)39-23-25-41(26-24-39)46-37-59-58(60-38-46)62-55-22-12-10-20-51(55)53-36-45(32-34-57(53)62)44-31-33-56-52(35-44)50-19-9-11-21-54(50)61(56)47-15-5-2-6-16-47;1-36-19-24-51-47(29-36)49-33-43(21-26-52(49)57(51)46-17-7-4-8-18-46)44-22-27-54-50(34-44)48-30-37(2)20-25-53(48)58(54)55-28-23-45(35-56-55)42-16-10-15-41(32-42)40-14-9-13-39(31-40)38-11-5-3-6-12-38/h1-38H;3-35H,1-2H3. The fourth-order valence-corrected chi connectivity index (χ4v) is 18.1. The average molecular weight is 1530 g/mol. The van der Waals surface area contributed by atoms with E-state index < -0.39 is 0 Å². The highest BCUT2D eigenvalue weighted by molar-refractivity contribution is 6.15. The Morgan fingerprint density at radius 1 is 0.167 bits per heavy atom. The van der Waals surface area contributed by atoms with Crippen molar-refractivity contribution in [1.82, 2.24) is 33.2 Å². The first-order chi connectivity index (χ1) is 59.3. The van der Waals surface area contributed by atoms with Crippen LogP contribution in [0.5, 0.6) is 0 Å². The highest BCUT2D eigenvalue weighted by Gasteiger charge is 2.22. The smallest absolute Gasteiger partial charge is 0.234 e. The third-order valence-corrected chi connectivity index (χ3v) is 24.0. The largest absolute Gasteiger partial charge is 0.309 e. The molecule has 564 valence electrons. The molecule has 7 nitrogen and oxygen atoms in total. The Balaban J connectivity index is 0.000000144. The Morgan fingerprint density at radius 2 is 0.450 bits per heavy atom. The number of hydrogen-bond acceptors (Lipinski definition) is 3. The summed E-state index contributed by atoms with van der Waals surface area (Å²) < 4.78 is 9.23. The van der Waals surface area contributed by atoms with Crippen molar-refractivity contribution in [2.75, 3.05) is 0 Å². The lowest BCUT2D eigenvalue weighted by molar-refractivity contribution is 0.990. The van der Waals surface area contributed by atoms with Crippen LogP contribution in [0, 0.1) is 13.8 Å². The molecule has 0 aliphatic carbocycles. The molecule has 0 radical (unpaired) electrons. The Labute approximate surface area is 695 Å². The van der Waals surface area contributed by atoms with Gasteiger partial charge < -0.3 is 9.13 Å². The lowest BCUT2D eigenvalue weighted by Gasteiger charge is -2.11. The summed E-state index contributed by atoms with van der Waals surface area (Å²) in [7, 11) is 0. The zero-order valence-electron chi connectivity index (χ0n) is 66.1. The van der Waals surface area contributed by atoms with Crippen molar-refractivity contribution in [3.05, 3.63) is 442 Å². The van der Waals surface area contributed by atoms with Crippen molar-refractivity contribution in [2.24, 2.45) is 0 Å². The maximum atomic E-state index is 5.12. The third kappa shape index (κ3) is 12.7. The van der Waals surface area contributed by atoms with E-state index >= 15 is 0 Å². The van der Waals surface area contributed by atoms with Gasteiger partial charge >= 0.3 is 0 Å². The Bertz CT molecular complexity index is 7850. The Hall–Kier alpha value is -15.8. The minimum Gasteiger partial charge on any atom is -0.309 e. The number of para-hydroxylation sites is 4. The van der Waals surface area contributed by atoms with Gasteiger partial charge in [-0.15, -0.1) is 0 Å². The van der Waals surface area contributed by atoms with Gasteiger partial charge in [-0.05, 0) is 236 Å². The summed E-state index contributed by atoms with van der Waals surface area (Å²) in [4.78, 5) is 15.0. The molecule has 0 aliphatic heterocycles. The molecule has 0 saturated carbocycles. The molecule has 23 rings (SSSR count). The van der Waals surface area contributed by atoms with Crippen molar-refractivity contribution in [3.8, 4) is 123 Å². The van der Waals surface area contributed by atoms with E-state index in [0.29, 0.717) is 5.95 Å². The summed E-state index contributed by atoms with van der Waals surface area (Å²) in [5.41, 5.74) is 35.2. The molecular weight excluding hydrogens is 1460 g/mol. The molecule has 0 spiro atoms. The van der Waals surface area contributed by atoms with Gasteiger partial charge in [0.05, 0.1) is 44.1 Å². The molecule has 17 aromatic carbocycles. The van der Waals surface area contributed by atoms with E-state index in [9.17, 15) is 0 Å². The summed E-state index contributed by atoms with van der Waals surface area (Å²) in [5.74, 6) is 1.55. The highest BCUT2D eigenvalue weighted by Crippen LogP contribution is 2.43. The molecule has 0 saturated heterocycles. The molecule has 120 heavy (non-hydrogen) atoms. The monoisotopic (exact) mass is 1530 g/mol. The second kappa shape index (κ2) is 29.8. The van der Waals surface area contributed by atoms with Crippen LogP contribution in [0.2, 0.25) is 0 Å². The van der Waals surface area contributed by atoms with Gasteiger partial charge in [-0.25, -0.2) is 15.0 Å². The van der Waals surface area contributed by atoms with Crippen molar-refractivity contribution in [3.63, 3.8) is 0 Å². The number of hydrogen-bond donors (Lipinski definition) is 0. The van der Waals surface area contributed by atoms with E-state index in [1.54, 1.807) is 0 Å². The number of nitrogens with zero attached hydrogens (tertiary/aromatic N) is 7. The van der Waals surface area contributed by atoms with Crippen molar-refractivity contribution in [2.45, 2.75) is 13.8 Å². The molecule has 7 heteroatoms. The van der Waals surface area contributed by atoms with E-state index in [4.69, 9.17) is 15.0 Å². The summed E-state index contributed by atoms with van der Waals surface area (Å²) in [6, 6.07) is 149. The molecule has 6 aromatic heterocycles. The van der Waals surface area contributed by atoms with E-state index in [1.807, 2.05) is 18.6 Å². The molecule has 0 atom stereocenters. The van der Waals surface area contributed by atoms with Crippen LogP contribution in [0.1, 0.15) is 11.1 Å². The molecule has 0 unspecified atom stereocenters. The number of aromatic nitrogens is 7. The van der Waals surface area contributed by atoms with Crippen molar-refractivity contribution < 1.29 is 0 Å². The summed E-state index contributed by atoms with van der Waals surface area (Å²) in [6.45, 7) is 4.35. The molecule has 0 bridgehead atoms. The number of rotatable bonds is 13. The second-order valence-electron chi connectivity index (χ2n) is 31.3. The summed E-state index contributed by atoms with van der Waals surface area (Å²) in [6.07, 6.45) is 5.89. The van der Waals surface area contributed by atoms with Crippen LogP contribution < -0.4 is 0 Å². The third-order valence-electron chi connectivity index (χ3n) is 24.0. The maximum absolute atomic E-state index is 5.12. The minimum atomic E-state index is 0.647. The quantitative estimate of drug-likeness (QED) is 0.116. The van der Waals surface area contributed by atoms with Gasteiger partial charge in [0, 0.05) is 84.2 Å². The van der Waals surface area contributed by atoms with Crippen molar-refractivity contribution >= 4 is 87.2 Å². The number of fused-ring (bicyclic) bond motifs is 12. The predicted molar refractivity (Wildman–Crippen MR) is 502 cm³/mol. The number of pyridine rings is 1. The van der Waals surface area contributed by atoms with Gasteiger partial charge in [0.15, 0.2) is 0 Å². The first-order valence-electron chi connectivity index (χ1n) is 41.0. The van der Waals surface area contributed by atoms with Gasteiger partial charge in [0.1, 0.15) is 5.82 Å². The highest BCUT2D eigenvalue weighted by atomic mass is 15.1. The molecule has 6 heterocycles. The number of aryl methyl sites for hydroxylation is 2. The molecule has 23 aromatic rings. The van der Waals surface area contributed by atoms with Crippen LogP contribution in [-0.2, 0) is 0 Å². The van der Waals surface area contributed by atoms with Gasteiger partial charge in [0.25, 0.3) is 0 Å². The molecule has 0 aliphatic rings. The normalized spacial score (nSPS) is 11.6. The zero-order chi connectivity index (χ0) is 79.7. The van der Waals surface area contributed by atoms with Crippen LogP contribution in [0.25, 0.3) is 211 Å². The first kappa shape index (κ1) is 70.8. The van der Waals surface area contributed by atoms with Crippen molar-refractivity contribution in [1.29, 1.82) is 0 Å². The predicted octanol–water partition coefficient (Wildman–Crippen LogP) is 29.6. The van der Waals surface area contributed by atoms with Crippen LogP contribution in [0.4, 0.5) is 0 Å².